The lowest BCUT2D eigenvalue weighted by Crippen LogP contribution is -2.49. The van der Waals surface area contributed by atoms with E-state index >= 15 is 0 Å². The summed E-state index contributed by atoms with van der Waals surface area (Å²) in [6, 6.07) is 19.4. The molecule has 0 radical (unpaired) electrons. The highest BCUT2D eigenvalue weighted by Gasteiger charge is 2.48. The van der Waals surface area contributed by atoms with Crippen LogP contribution in [0, 0.1) is 5.92 Å². The first-order valence-corrected chi connectivity index (χ1v) is 11.9. The number of benzene rings is 3. The Labute approximate surface area is 213 Å². The van der Waals surface area contributed by atoms with Crippen LogP contribution in [0.2, 0.25) is 0 Å². The lowest BCUT2D eigenvalue weighted by atomic mass is 9.88. The first-order valence-electron chi connectivity index (χ1n) is 11.9. The van der Waals surface area contributed by atoms with Crippen LogP contribution in [0.4, 0.5) is 5.95 Å². The second-order valence-electron chi connectivity index (χ2n) is 8.63. The van der Waals surface area contributed by atoms with Crippen LogP contribution in [0.3, 0.4) is 0 Å². The maximum absolute atomic E-state index is 14.1. The van der Waals surface area contributed by atoms with Crippen LogP contribution in [-0.4, -0.2) is 47.4 Å². The zero-order valence-corrected chi connectivity index (χ0v) is 20.7. The molecule has 37 heavy (non-hydrogen) atoms. The molecule has 5 rings (SSSR count). The second kappa shape index (κ2) is 9.85. The molecule has 0 bridgehead atoms. The third kappa shape index (κ3) is 4.12. The van der Waals surface area contributed by atoms with Crippen molar-refractivity contribution in [2.24, 2.45) is 5.92 Å². The molecule has 190 valence electrons. The van der Waals surface area contributed by atoms with Crippen LogP contribution in [0.5, 0.6) is 17.2 Å². The molecule has 2 atom stereocenters. The molecule has 1 aliphatic heterocycles. The predicted molar refractivity (Wildman–Crippen MR) is 137 cm³/mol. The third-order valence-electron chi connectivity index (χ3n) is 6.51. The van der Waals surface area contributed by atoms with Gasteiger partial charge in [-0.15, -0.1) is 0 Å². The number of carbonyl (C=O) groups is 2. The monoisotopic (exact) mass is 501 g/mol. The lowest BCUT2D eigenvalue weighted by Gasteiger charge is -2.38. The van der Waals surface area contributed by atoms with Crippen LogP contribution >= 0.6 is 0 Å². The van der Waals surface area contributed by atoms with Gasteiger partial charge in [-0.1, -0.05) is 42.5 Å². The Bertz CT molecular complexity index is 1440. The van der Waals surface area contributed by atoms with Gasteiger partial charge in [-0.2, -0.15) is 0 Å². The molecule has 0 aliphatic carbocycles. The Kier molecular flexibility index (Phi) is 6.43. The van der Waals surface area contributed by atoms with E-state index in [9.17, 15) is 14.7 Å². The topological polar surface area (TPSA) is 103 Å². The molecule has 3 aromatic carbocycles. The molecule has 9 nitrogen and oxygen atoms in total. The molecule has 0 saturated heterocycles. The minimum absolute atomic E-state index is 0.119. The van der Waals surface area contributed by atoms with E-state index in [1.807, 2.05) is 59.2 Å². The highest BCUT2D eigenvalue weighted by atomic mass is 16.5. The van der Waals surface area contributed by atoms with E-state index in [2.05, 4.69) is 0 Å². The van der Waals surface area contributed by atoms with E-state index in [-0.39, 0.29) is 30.4 Å². The van der Waals surface area contributed by atoms with E-state index in [1.165, 1.54) is 19.1 Å². The number of para-hydroxylation sites is 2. The molecule has 0 saturated carbocycles. The summed E-state index contributed by atoms with van der Waals surface area (Å²) in [5, 5.41) is 10.5. The smallest absolute Gasteiger partial charge is 0.321 e. The fourth-order valence-electron chi connectivity index (χ4n) is 4.85. The minimum atomic E-state index is -1.22. The van der Waals surface area contributed by atoms with Gasteiger partial charge in [-0.25, -0.2) is 4.98 Å². The van der Waals surface area contributed by atoms with Crippen molar-refractivity contribution >= 4 is 28.9 Å². The number of nitrogens with zero attached hydrogens (tertiary/aromatic N) is 3. The number of rotatable bonds is 7. The van der Waals surface area contributed by atoms with Gasteiger partial charge in [-0.3, -0.25) is 14.5 Å². The quantitative estimate of drug-likeness (QED) is 0.301. The van der Waals surface area contributed by atoms with Crippen molar-refractivity contribution in [1.82, 2.24) is 9.55 Å². The molecule has 1 aliphatic rings. The molecule has 1 N–H and O–H groups in total. The number of ether oxygens (including phenoxy) is 3. The van der Waals surface area contributed by atoms with Crippen LogP contribution in [0.25, 0.3) is 11.0 Å². The Morgan fingerprint density at radius 3 is 2.30 bits per heavy atom. The molecule has 1 aromatic heterocycles. The van der Waals surface area contributed by atoms with Gasteiger partial charge in [0.15, 0.2) is 17.4 Å². The summed E-state index contributed by atoms with van der Waals surface area (Å²) >= 11 is 0. The van der Waals surface area contributed by atoms with Crippen molar-refractivity contribution in [3.63, 3.8) is 0 Å². The van der Waals surface area contributed by atoms with Gasteiger partial charge in [0.05, 0.1) is 44.4 Å². The first kappa shape index (κ1) is 24.2. The van der Waals surface area contributed by atoms with Crippen molar-refractivity contribution < 1.29 is 28.9 Å². The number of fused-ring (bicyclic) bond motifs is 3. The van der Waals surface area contributed by atoms with Crippen molar-refractivity contribution in [1.29, 1.82) is 0 Å². The van der Waals surface area contributed by atoms with Crippen LogP contribution in [-0.2, 0) is 20.9 Å². The fourth-order valence-corrected chi connectivity index (χ4v) is 4.85. The summed E-state index contributed by atoms with van der Waals surface area (Å²) in [6.07, 6.45) is 0. The summed E-state index contributed by atoms with van der Waals surface area (Å²) in [5.74, 6) is -1.75. The summed E-state index contributed by atoms with van der Waals surface area (Å²) < 4.78 is 18.1. The number of aromatic hydroxyl groups is 1. The number of phenolic OH excluding ortho intramolecular Hbond substituents is 1. The maximum atomic E-state index is 14.1. The molecule has 2 heterocycles. The van der Waals surface area contributed by atoms with E-state index < -0.39 is 23.8 Å². The highest BCUT2D eigenvalue weighted by molar-refractivity contribution is 6.08. The van der Waals surface area contributed by atoms with Gasteiger partial charge in [0, 0.05) is 0 Å². The fraction of sp³-hybridized carbons (Fsp3) is 0.250. The maximum Gasteiger partial charge on any atom is 0.321 e. The van der Waals surface area contributed by atoms with E-state index in [1.54, 1.807) is 19.1 Å². The number of phenols is 1. The average Bonchev–Trinajstić information content (AvgIpc) is 3.30. The summed E-state index contributed by atoms with van der Waals surface area (Å²) in [4.78, 5) is 33.9. The van der Waals surface area contributed by atoms with Gasteiger partial charge in [0.1, 0.15) is 0 Å². The van der Waals surface area contributed by atoms with Gasteiger partial charge in [-0.05, 0) is 42.3 Å². The van der Waals surface area contributed by atoms with Gasteiger partial charge in [0.2, 0.25) is 17.6 Å². The zero-order valence-electron chi connectivity index (χ0n) is 20.7. The molecule has 1 amide bonds. The van der Waals surface area contributed by atoms with Crippen LogP contribution in [0.1, 0.15) is 24.1 Å². The highest BCUT2D eigenvalue weighted by Crippen LogP contribution is 2.46. The van der Waals surface area contributed by atoms with Crippen molar-refractivity contribution in [3.8, 4) is 17.2 Å². The van der Waals surface area contributed by atoms with E-state index in [0.717, 1.165) is 11.1 Å². The van der Waals surface area contributed by atoms with E-state index in [0.29, 0.717) is 17.0 Å². The van der Waals surface area contributed by atoms with Gasteiger partial charge < -0.3 is 23.9 Å². The van der Waals surface area contributed by atoms with Crippen LogP contribution in [0.15, 0.2) is 66.7 Å². The number of methoxy groups -OCH3 is 2. The minimum Gasteiger partial charge on any atom is -0.502 e. The van der Waals surface area contributed by atoms with Crippen molar-refractivity contribution in [2.45, 2.75) is 19.5 Å². The number of anilines is 1. The molecular formula is C28H27N3O6. The Balaban J connectivity index is 1.79. The standard InChI is InChI=1S/C28H27N3O6/c1-4-37-27(34)23-24(18-14-21(35-2)25(32)22(15-18)36-3)31-20-13-9-8-12-19(20)29-28(31)30(26(23)33)16-17-10-6-5-7-11-17/h5-15,23-24,32H,4,16H2,1-3H3/t23-,24+/m1/s1. The zero-order chi connectivity index (χ0) is 26.1. The Morgan fingerprint density at radius 2 is 1.65 bits per heavy atom. The third-order valence-corrected chi connectivity index (χ3v) is 6.51. The number of hydrogen-bond acceptors (Lipinski definition) is 7. The normalized spacial score (nSPS) is 16.9. The summed E-state index contributed by atoms with van der Waals surface area (Å²) in [6.45, 7) is 2.05. The average molecular weight is 502 g/mol. The van der Waals surface area contributed by atoms with Gasteiger partial charge in [0.25, 0.3) is 0 Å². The molecule has 0 spiro atoms. The Morgan fingerprint density at radius 1 is 1.00 bits per heavy atom. The number of imidazole rings is 1. The first-order chi connectivity index (χ1) is 18.0. The predicted octanol–water partition coefficient (Wildman–Crippen LogP) is 4.07. The molecule has 4 aromatic rings. The van der Waals surface area contributed by atoms with Crippen molar-refractivity contribution in [3.05, 3.63) is 77.9 Å². The number of esters is 1. The number of carbonyl (C=O) groups excluding carboxylic acids is 2. The SMILES string of the molecule is CCOC(=O)[C@H]1C(=O)N(Cc2ccccc2)c2nc3ccccc3n2[C@H]1c1cc(OC)c(O)c(OC)c1. The van der Waals surface area contributed by atoms with Crippen molar-refractivity contribution in [2.75, 3.05) is 25.7 Å². The molecule has 9 heteroatoms. The number of hydrogen-bond donors (Lipinski definition) is 1. The van der Waals surface area contributed by atoms with Gasteiger partial charge >= 0.3 is 5.97 Å². The van der Waals surface area contributed by atoms with E-state index in [4.69, 9.17) is 19.2 Å². The number of aromatic nitrogens is 2. The molecular weight excluding hydrogens is 474 g/mol. The lowest BCUT2D eigenvalue weighted by molar-refractivity contribution is -0.153. The summed E-state index contributed by atoms with van der Waals surface area (Å²) in [7, 11) is 2.85. The molecule has 0 fully saturated rings. The largest absolute Gasteiger partial charge is 0.502 e. The second-order valence-corrected chi connectivity index (χ2v) is 8.63. The van der Waals surface area contributed by atoms with Crippen LogP contribution < -0.4 is 14.4 Å². The number of amides is 1. The Hall–Kier alpha value is -4.53. The molecule has 0 unspecified atom stereocenters. The summed E-state index contributed by atoms with van der Waals surface area (Å²) in [5.41, 5.74) is 2.84.